The summed E-state index contributed by atoms with van der Waals surface area (Å²) in [7, 11) is 0. The molecule has 28 heavy (non-hydrogen) atoms. The fraction of sp³-hybridized carbons (Fsp3) is 0.450. The third-order valence-corrected chi connectivity index (χ3v) is 5.38. The largest absolute Gasteiger partial charge is 0.358 e. The molecule has 0 unspecified atom stereocenters. The molecule has 0 bridgehead atoms. The molecule has 8 heteroatoms. The predicted molar refractivity (Wildman–Crippen MR) is 99.4 cm³/mol. The highest BCUT2D eigenvalue weighted by Gasteiger charge is 2.25. The number of nitrogens with zero attached hydrogens (tertiary/aromatic N) is 2. The molecule has 1 saturated heterocycles. The monoisotopic (exact) mass is 387 g/mol. The number of carbonyl (C=O) groups excluding carboxylic acids is 1. The van der Waals surface area contributed by atoms with E-state index in [-0.39, 0.29) is 6.04 Å². The number of rotatable bonds is 4. The lowest BCUT2D eigenvalue weighted by molar-refractivity contribution is -0.122. The normalized spacial score (nSPS) is 21.3. The molecule has 2 aromatic rings. The second kappa shape index (κ2) is 7.71. The van der Waals surface area contributed by atoms with E-state index in [0.29, 0.717) is 17.6 Å². The van der Waals surface area contributed by atoms with Gasteiger partial charge in [-0.15, -0.1) is 0 Å². The molecule has 1 fully saturated rings. The van der Waals surface area contributed by atoms with Crippen molar-refractivity contribution in [3.63, 3.8) is 0 Å². The Hall–Kier alpha value is -2.74. The Labute approximate surface area is 160 Å². The summed E-state index contributed by atoms with van der Waals surface area (Å²) in [4.78, 5) is 37.4. The van der Waals surface area contributed by atoms with Gasteiger partial charge in [0, 0.05) is 6.61 Å². The van der Waals surface area contributed by atoms with Gasteiger partial charge in [0.1, 0.15) is 12.8 Å². The summed E-state index contributed by atoms with van der Waals surface area (Å²) in [6.45, 7) is -0.0553. The molecule has 0 spiro atoms. The molecule has 0 saturated carbocycles. The van der Waals surface area contributed by atoms with Crippen molar-refractivity contribution in [1.82, 2.24) is 14.5 Å². The van der Waals surface area contributed by atoms with Crippen LogP contribution in [0.3, 0.4) is 0 Å². The third kappa shape index (κ3) is 3.52. The smallest absolute Gasteiger partial charge is 0.333 e. The van der Waals surface area contributed by atoms with E-state index < -0.39 is 35.7 Å². The van der Waals surface area contributed by atoms with Crippen LogP contribution in [-0.2, 0) is 22.5 Å². The number of aryl methyl sites for hydroxylation is 1. The Kier molecular flexibility index (Phi) is 5.13. The minimum atomic E-state index is -1.10. The number of carbonyl (C=O) groups is 1. The fourth-order valence-electron chi connectivity index (χ4n) is 4.00. The molecule has 2 atom stereocenters. The van der Waals surface area contributed by atoms with Crippen LogP contribution in [0.2, 0.25) is 0 Å². The van der Waals surface area contributed by atoms with Crippen LogP contribution in [0.5, 0.6) is 0 Å². The van der Waals surface area contributed by atoms with Gasteiger partial charge in [-0.25, -0.2) is 9.36 Å². The van der Waals surface area contributed by atoms with Crippen molar-refractivity contribution in [3.05, 3.63) is 68.2 Å². The summed E-state index contributed by atoms with van der Waals surface area (Å²) < 4.78 is 21.2. The number of nitrogens with one attached hydrogen (secondary N) is 1. The van der Waals surface area contributed by atoms with Crippen molar-refractivity contribution in [3.8, 4) is 0 Å². The van der Waals surface area contributed by atoms with Crippen LogP contribution < -0.4 is 16.6 Å². The van der Waals surface area contributed by atoms with Crippen LogP contribution in [0.1, 0.15) is 49.1 Å². The van der Waals surface area contributed by atoms with E-state index in [9.17, 15) is 18.8 Å². The average Bonchev–Trinajstić information content (AvgIpc) is 3.23. The van der Waals surface area contributed by atoms with Crippen LogP contribution in [0, 0.1) is 5.82 Å². The number of benzene rings is 1. The standard InChI is InChI=1S/C20H22FN3O4/c21-15-11-23(18-9-4-10-28-18)20(27)24(19(15)26)12-17(25)22-16-8-3-6-13-5-1-2-7-14(13)16/h1-2,5,7,11,16,18H,3-4,6,8-10,12H2,(H,22,25)/t16-,18+/m1/s1. The highest BCUT2D eigenvalue weighted by molar-refractivity contribution is 5.76. The molecule has 4 rings (SSSR count). The summed E-state index contributed by atoms with van der Waals surface area (Å²) in [5, 5.41) is 2.89. The van der Waals surface area contributed by atoms with E-state index in [4.69, 9.17) is 4.74 Å². The molecule has 1 aromatic carbocycles. The Morgan fingerprint density at radius 2 is 2.04 bits per heavy atom. The van der Waals surface area contributed by atoms with Gasteiger partial charge in [0.25, 0.3) is 5.56 Å². The minimum Gasteiger partial charge on any atom is -0.358 e. The number of amides is 1. The van der Waals surface area contributed by atoms with Crippen molar-refractivity contribution in [1.29, 1.82) is 0 Å². The van der Waals surface area contributed by atoms with Gasteiger partial charge in [0.05, 0.1) is 12.2 Å². The SMILES string of the molecule is O=C(Cn1c(=O)c(F)cn([C@@H]2CCCO2)c1=O)N[C@@H]1CCCc2ccccc21. The summed E-state index contributed by atoms with van der Waals surface area (Å²) in [5.74, 6) is -1.57. The quantitative estimate of drug-likeness (QED) is 0.865. The number of ether oxygens (including phenoxy) is 1. The van der Waals surface area contributed by atoms with Crippen molar-refractivity contribution in [2.24, 2.45) is 0 Å². The van der Waals surface area contributed by atoms with E-state index in [1.54, 1.807) is 0 Å². The molecule has 2 aliphatic rings. The van der Waals surface area contributed by atoms with Gasteiger partial charge >= 0.3 is 5.69 Å². The Morgan fingerprint density at radius 3 is 2.82 bits per heavy atom. The third-order valence-electron chi connectivity index (χ3n) is 5.38. The molecule has 2 heterocycles. The van der Waals surface area contributed by atoms with Crippen LogP contribution in [0.15, 0.2) is 40.1 Å². The summed E-state index contributed by atoms with van der Waals surface area (Å²) >= 11 is 0. The molecule has 1 amide bonds. The first kappa shape index (κ1) is 18.6. The molecular formula is C20H22FN3O4. The van der Waals surface area contributed by atoms with Crippen LogP contribution in [0.25, 0.3) is 0 Å². The van der Waals surface area contributed by atoms with Gasteiger partial charge in [-0.2, -0.15) is 4.39 Å². The average molecular weight is 387 g/mol. The fourth-order valence-corrected chi connectivity index (χ4v) is 4.00. The Bertz CT molecular complexity index is 1010. The summed E-state index contributed by atoms with van der Waals surface area (Å²) in [6.07, 6.45) is 4.24. The predicted octanol–water partition coefficient (Wildman–Crippen LogP) is 1.65. The maximum Gasteiger partial charge on any atom is 0.333 e. The van der Waals surface area contributed by atoms with Crippen molar-refractivity contribution < 1.29 is 13.9 Å². The second-order valence-electron chi connectivity index (χ2n) is 7.24. The number of hydrogen-bond donors (Lipinski definition) is 1. The minimum absolute atomic E-state index is 0.179. The summed E-state index contributed by atoms with van der Waals surface area (Å²) in [5.41, 5.74) is 0.393. The number of aromatic nitrogens is 2. The highest BCUT2D eigenvalue weighted by atomic mass is 19.1. The van der Waals surface area contributed by atoms with E-state index in [1.165, 1.54) is 5.56 Å². The van der Waals surface area contributed by atoms with Gasteiger partial charge in [0.15, 0.2) is 0 Å². The van der Waals surface area contributed by atoms with E-state index in [2.05, 4.69) is 5.32 Å². The lowest BCUT2D eigenvalue weighted by atomic mass is 9.88. The first-order chi connectivity index (χ1) is 13.5. The second-order valence-corrected chi connectivity index (χ2v) is 7.24. The highest BCUT2D eigenvalue weighted by Crippen LogP contribution is 2.29. The number of fused-ring (bicyclic) bond motifs is 1. The maximum atomic E-state index is 14.1. The molecule has 148 valence electrons. The van der Waals surface area contributed by atoms with Crippen LogP contribution in [0.4, 0.5) is 4.39 Å². The zero-order valence-corrected chi connectivity index (χ0v) is 15.4. The Morgan fingerprint density at radius 1 is 1.21 bits per heavy atom. The van der Waals surface area contributed by atoms with E-state index in [1.807, 2.05) is 24.3 Å². The zero-order chi connectivity index (χ0) is 19.7. The molecule has 1 aliphatic heterocycles. The number of hydrogen-bond acceptors (Lipinski definition) is 4. The van der Waals surface area contributed by atoms with Crippen molar-refractivity contribution in [2.45, 2.75) is 50.9 Å². The van der Waals surface area contributed by atoms with Crippen molar-refractivity contribution >= 4 is 5.91 Å². The molecule has 1 N–H and O–H groups in total. The molecule has 0 radical (unpaired) electrons. The lowest BCUT2D eigenvalue weighted by Crippen LogP contribution is -2.46. The van der Waals surface area contributed by atoms with Crippen LogP contribution in [-0.4, -0.2) is 21.6 Å². The summed E-state index contributed by atoms with van der Waals surface area (Å²) in [6, 6.07) is 7.70. The maximum absolute atomic E-state index is 14.1. The van der Waals surface area contributed by atoms with Gasteiger partial charge in [-0.1, -0.05) is 24.3 Å². The molecule has 1 aliphatic carbocycles. The lowest BCUT2D eigenvalue weighted by Gasteiger charge is -2.26. The van der Waals surface area contributed by atoms with E-state index in [0.717, 1.165) is 42.0 Å². The topological polar surface area (TPSA) is 82.3 Å². The first-order valence-corrected chi connectivity index (χ1v) is 9.55. The van der Waals surface area contributed by atoms with Gasteiger partial charge < -0.3 is 10.1 Å². The first-order valence-electron chi connectivity index (χ1n) is 9.55. The zero-order valence-electron chi connectivity index (χ0n) is 15.4. The molecule has 7 nitrogen and oxygen atoms in total. The Balaban J connectivity index is 1.57. The molecule has 1 aromatic heterocycles. The van der Waals surface area contributed by atoms with Crippen molar-refractivity contribution in [2.75, 3.05) is 6.61 Å². The molecular weight excluding hydrogens is 365 g/mol. The van der Waals surface area contributed by atoms with Gasteiger partial charge in [0.2, 0.25) is 11.7 Å². The van der Waals surface area contributed by atoms with Gasteiger partial charge in [-0.3, -0.25) is 14.2 Å². The number of halogens is 1. The van der Waals surface area contributed by atoms with Crippen LogP contribution >= 0.6 is 0 Å². The van der Waals surface area contributed by atoms with Gasteiger partial charge in [-0.05, 0) is 43.2 Å². The van der Waals surface area contributed by atoms with E-state index >= 15 is 0 Å².